The van der Waals surface area contributed by atoms with Gasteiger partial charge in [0.05, 0.1) is 6.54 Å². The third kappa shape index (κ3) is 2.25. The van der Waals surface area contributed by atoms with Gasteiger partial charge in [-0.25, -0.2) is 0 Å². The first-order chi connectivity index (χ1) is 10.3. The van der Waals surface area contributed by atoms with E-state index in [0.717, 1.165) is 17.7 Å². The summed E-state index contributed by atoms with van der Waals surface area (Å²) in [5, 5.41) is 9.83. The summed E-state index contributed by atoms with van der Waals surface area (Å²) in [7, 11) is 0. The number of amides is 1. The number of nitrogens with one attached hydrogen (secondary N) is 2. The molecule has 21 heavy (non-hydrogen) atoms. The Morgan fingerprint density at radius 2 is 2.19 bits per heavy atom. The van der Waals surface area contributed by atoms with Gasteiger partial charge in [0.2, 0.25) is 17.6 Å². The number of hydrogen-bond acceptors (Lipinski definition) is 6. The van der Waals surface area contributed by atoms with Crippen LogP contribution in [0.1, 0.15) is 29.4 Å². The van der Waals surface area contributed by atoms with Gasteiger partial charge in [-0.1, -0.05) is 23.4 Å². The minimum Gasteiger partial charge on any atom is -0.482 e. The van der Waals surface area contributed by atoms with Crippen molar-refractivity contribution >= 4 is 5.91 Å². The minimum absolute atomic E-state index is 0.0273. The molecule has 0 bridgehead atoms. The van der Waals surface area contributed by atoms with Crippen molar-refractivity contribution in [2.24, 2.45) is 0 Å². The Labute approximate surface area is 120 Å². The van der Waals surface area contributed by atoms with E-state index in [4.69, 9.17) is 9.26 Å². The summed E-state index contributed by atoms with van der Waals surface area (Å²) in [6.45, 7) is 0.708. The van der Waals surface area contributed by atoms with E-state index in [0.29, 0.717) is 18.3 Å². The summed E-state index contributed by atoms with van der Waals surface area (Å²) in [5.74, 6) is 1.86. The average Bonchev–Trinajstić information content (AvgIpc) is 3.14. The molecule has 4 rings (SSSR count). The fourth-order valence-electron chi connectivity index (χ4n) is 2.59. The SMILES string of the molecule is O=C1CNC(c2nc(C3Cc4ccccc4O3)no2)CN1. The molecular weight excluding hydrogens is 272 g/mol. The number of hydrogen-bond donors (Lipinski definition) is 2. The first kappa shape index (κ1) is 12.3. The highest BCUT2D eigenvalue weighted by Crippen LogP contribution is 2.35. The molecule has 1 aromatic heterocycles. The summed E-state index contributed by atoms with van der Waals surface area (Å²) in [6.07, 6.45) is 0.530. The molecule has 3 heterocycles. The van der Waals surface area contributed by atoms with Crippen LogP contribution >= 0.6 is 0 Å². The van der Waals surface area contributed by atoms with Crippen LogP contribution in [0.2, 0.25) is 0 Å². The number of aromatic nitrogens is 2. The number of para-hydroxylation sites is 1. The van der Waals surface area contributed by atoms with Gasteiger partial charge < -0.3 is 14.6 Å². The lowest BCUT2D eigenvalue weighted by molar-refractivity contribution is -0.121. The van der Waals surface area contributed by atoms with Crippen LogP contribution < -0.4 is 15.4 Å². The lowest BCUT2D eigenvalue weighted by Crippen LogP contribution is -2.47. The van der Waals surface area contributed by atoms with E-state index in [-0.39, 0.29) is 24.6 Å². The summed E-state index contributed by atoms with van der Waals surface area (Å²) in [6, 6.07) is 7.76. The minimum atomic E-state index is -0.210. The second kappa shape index (κ2) is 4.85. The third-order valence-corrected chi connectivity index (χ3v) is 3.70. The molecule has 7 heteroatoms. The van der Waals surface area contributed by atoms with E-state index >= 15 is 0 Å². The van der Waals surface area contributed by atoms with Crippen molar-refractivity contribution in [2.75, 3.05) is 13.1 Å². The van der Waals surface area contributed by atoms with Crippen molar-refractivity contribution in [3.8, 4) is 5.75 Å². The van der Waals surface area contributed by atoms with E-state index in [2.05, 4.69) is 20.8 Å². The molecule has 2 aliphatic heterocycles. The smallest absolute Gasteiger partial charge is 0.245 e. The summed E-state index contributed by atoms with van der Waals surface area (Å²) in [4.78, 5) is 15.5. The fraction of sp³-hybridized carbons (Fsp3) is 0.357. The van der Waals surface area contributed by atoms with Gasteiger partial charge in [0.1, 0.15) is 11.8 Å². The molecule has 0 spiro atoms. The Balaban J connectivity index is 1.50. The maximum atomic E-state index is 11.1. The Hall–Kier alpha value is -2.41. The molecule has 1 fully saturated rings. The van der Waals surface area contributed by atoms with Gasteiger partial charge in [-0.2, -0.15) is 4.98 Å². The molecule has 2 N–H and O–H groups in total. The molecule has 0 radical (unpaired) electrons. The van der Waals surface area contributed by atoms with Gasteiger partial charge in [0.25, 0.3) is 0 Å². The van der Waals surface area contributed by atoms with E-state index < -0.39 is 0 Å². The van der Waals surface area contributed by atoms with Crippen molar-refractivity contribution in [1.29, 1.82) is 0 Å². The molecule has 1 aromatic carbocycles. The standard InChI is InChI=1S/C14H14N4O3/c19-12-7-15-9(6-16-12)14-17-13(18-21-14)11-5-8-3-1-2-4-10(8)20-11/h1-4,9,11,15H,5-7H2,(H,16,19). The highest BCUT2D eigenvalue weighted by molar-refractivity contribution is 5.78. The molecule has 2 unspecified atom stereocenters. The molecule has 7 nitrogen and oxygen atoms in total. The number of benzene rings is 1. The van der Waals surface area contributed by atoms with E-state index in [1.165, 1.54) is 0 Å². The van der Waals surface area contributed by atoms with Gasteiger partial charge in [-0.15, -0.1) is 0 Å². The Morgan fingerprint density at radius 3 is 3.00 bits per heavy atom. The molecule has 1 amide bonds. The van der Waals surface area contributed by atoms with Gasteiger partial charge in [-0.05, 0) is 11.6 Å². The van der Waals surface area contributed by atoms with Crippen LogP contribution in [0.5, 0.6) is 5.75 Å². The second-order valence-electron chi connectivity index (χ2n) is 5.15. The van der Waals surface area contributed by atoms with Gasteiger partial charge >= 0.3 is 0 Å². The molecule has 2 aromatic rings. The van der Waals surface area contributed by atoms with E-state index in [1.807, 2.05) is 24.3 Å². The summed E-state index contributed by atoms with van der Waals surface area (Å²) in [5.41, 5.74) is 1.15. The zero-order valence-corrected chi connectivity index (χ0v) is 11.2. The summed E-state index contributed by atoms with van der Waals surface area (Å²) >= 11 is 0. The predicted octanol–water partition coefficient (Wildman–Crippen LogP) is 0.506. The number of piperazine rings is 1. The number of nitrogens with zero attached hydrogens (tertiary/aromatic N) is 2. The number of carbonyl (C=O) groups is 1. The van der Waals surface area contributed by atoms with Crippen molar-refractivity contribution in [3.63, 3.8) is 0 Å². The van der Waals surface area contributed by atoms with E-state index in [1.54, 1.807) is 0 Å². The summed E-state index contributed by atoms with van der Waals surface area (Å²) < 4.78 is 11.1. The maximum absolute atomic E-state index is 11.1. The molecule has 2 aliphatic rings. The zero-order chi connectivity index (χ0) is 14.2. The molecule has 0 saturated carbocycles. The maximum Gasteiger partial charge on any atom is 0.245 e. The van der Waals surface area contributed by atoms with Crippen LogP contribution in [-0.4, -0.2) is 29.1 Å². The average molecular weight is 286 g/mol. The monoisotopic (exact) mass is 286 g/mol. The van der Waals surface area contributed by atoms with Crippen molar-refractivity contribution < 1.29 is 14.1 Å². The van der Waals surface area contributed by atoms with Crippen LogP contribution in [-0.2, 0) is 11.2 Å². The Bertz CT molecular complexity index is 649. The van der Waals surface area contributed by atoms with Gasteiger partial charge in [0, 0.05) is 13.0 Å². The molecule has 2 atom stereocenters. The quantitative estimate of drug-likeness (QED) is 0.836. The highest BCUT2D eigenvalue weighted by atomic mass is 16.5. The number of carbonyl (C=O) groups excluding carboxylic acids is 1. The van der Waals surface area contributed by atoms with Crippen molar-refractivity contribution in [3.05, 3.63) is 41.5 Å². The normalized spacial score (nSPS) is 24.3. The van der Waals surface area contributed by atoms with Gasteiger partial charge in [0.15, 0.2) is 6.10 Å². The third-order valence-electron chi connectivity index (χ3n) is 3.70. The zero-order valence-electron chi connectivity index (χ0n) is 11.2. The second-order valence-corrected chi connectivity index (χ2v) is 5.15. The Morgan fingerprint density at radius 1 is 1.29 bits per heavy atom. The highest BCUT2D eigenvalue weighted by Gasteiger charge is 2.30. The van der Waals surface area contributed by atoms with Crippen LogP contribution in [0.15, 0.2) is 28.8 Å². The number of rotatable bonds is 2. The number of ether oxygens (including phenoxy) is 1. The first-order valence-electron chi connectivity index (χ1n) is 6.88. The van der Waals surface area contributed by atoms with Gasteiger partial charge in [-0.3, -0.25) is 10.1 Å². The van der Waals surface area contributed by atoms with Crippen molar-refractivity contribution in [1.82, 2.24) is 20.8 Å². The molecule has 0 aliphatic carbocycles. The van der Waals surface area contributed by atoms with Crippen LogP contribution in [0.4, 0.5) is 0 Å². The molecular formula is C14H14N4O3. The predicted molar refractivity (Wildman–Crippen MR) is 71.6 cm³/mol. The van der Waals surface area contributed by atoms with Crippen LogP contribution in [0, 0.1) is 0 Å². The largest absolute Gasteiger partial charge is 0.482 e. The van der Waals surface area contributed by atoms with Crippen LogP contribution in [0.3, 0.4) is 0 Å². The molecule has 108 valence electrons. The van der Waals surface area contributed by atoms with Crippen LogP contribution in [0.25, 0.3) is 0 Å². The topological polar surface area (TPSA) is 89.3 Å². The lowest BCUT2D eigenvalue weighted by atomic mass is 10.1. The Kier molecular flexibility index (Phi) is 2.85. The lowest BCUT2D eigenvalue weighted by Gasteiger charge is -2.20. The number of fused-ring (bicyclic) bond motifs is 1. The van der Waals surface area contributed by atoms with Crippen molar-refractivity contribution in [2.45, 2.75) is 18.6 Å². The first-order valence-corrected chi connectivity index (χ1v) is 6.88. The fourth-order valence-corrected chi connectivity index (χ4v) is 2.59. The molecule has 1 saturated heterocycles. The van der Waals surface area contributed by atoms with E-state index in [9.17, 15) is 4.79 Å².